The van der Waals surface area contributed by atoms with Gasteiger partial charge in [0.05, 0.1) is 6.10 Å². The van der Waals surface area contributed by atoms with E-state index in [1.165, 1.54) is 13.8 Å². The van der Waals surface area contributed by atoms with Crippen molar-refractivity contribution in [3.05, 3.63) is 29.8 Å². The van der Waals surface area contributed by atoms with E-state index in [1.807, 2.05) is 6.92 Å². The van der Waals surface area contributed by atoms with E-state index in [4.69, 9.17) is 9.47 Å². The first-order valence-corrected chi connectivity index (χ1v) is 9.00. The van der Waals surface area contributed by atoms with E-state index < -0.39 is 28.9 Å². The van der Waals surface area contributed by atoms with Crippen LogP contribution in [0.25, 0.3) is 0 Å². The van der Waals surface area contributed by atoms with Crippen molar-refractivity contribution in [2.45, 2.75) is 58.8 Å². The molecule has 2 rings (SSSR count). The molecule has 0 heterocycles. The molecule has 3 atom stereocenters. The van der Waals surface area contributed by atoms with E-state index in [0.717, 1.165) is 0 Å². The van der Waals surface area contributed by atoms with Crippen molar-refractivity contribution < 1.29 is 29.0 Å². The zero-order chi connectivity index (χ0) is 20.4. The molecular formula is C20H27NO6. The van der Waals surface area contributed by atoms with Gasteiger partial charge in [0.1, 0.15) is 11.3 Å². The van der Waals surface area contributed by atoms with Crippen LogP contribution in [-0.2, 0) is 14.3 Å². The maximum Gasteiger partial charge on any atom is 0.330 e. The number of aliphatic carboxylic acids is 1. The van der Waals surface area contributed by atoms with Crippen LogP contribution in [0.3, 0.4) is 0 Å². The average Bonchev–Trinajstić information content (AvgIpc) is 2.60. The quantitative estimate of drug-likeness (QED) is 0.675. The van der Waals surface area contributed by atoms with Crippen LogP contribution in [0, 0.1) is 5.41 Å². The van der Waals surface area contributed by atoms with E-state index in [0.29, 0.717) is 17.9 Å². The molecule has 0 aromatic heterocycles. The molecule has 0 bridgehead atoms. The van der Waals surface area contributed by atoms with Gasteiger partial charge >= 0.3 is 5.97 Å². The standard InChI is InChI=1S/C20H27NO6/c1-6-26-16-11-20(18(24)25,19(16,4)5)21-17(23)13(3)27-15-9-7-8-14(10-15)12(2)22/h7-10,13,16H,6,11H2,1-5H3,(H,21,23)(H,24,25). The highest BCUT2D eigenvalue weighted by Gasteiger charge is 2.66. The number of hydrogen-bond acceptors (Lipinski definition) is 5. The first kappa shape index (κ1) is 20.9. The summed E-state index contributed by atoms with van der Waals surface area (Å²) in [6, 6.07) is 6.51. The zero-order valence-corrected chi connectivity index (χ0v) is 16.4. The van der Waals surface area contributed by atoms with Crippen LogP contribution >= 0.6 is 0 Å². The number of carboxylic acid groups (broad SMARTS) is 1. The van der Waals surface area contributed by atoms with Gasteiger partial charge in [-0.1, -0.05) is 26.0 Å². The molecule has 0 aliphatic heterocycles. The summed E-state index contributed by atoms with van der Waals surface area (Å²) in [4.78, 5) is 36.1. The summed E-state index contributed by atoms with van der Waals surface area (Å²) in [6.45, 7) is 8.85. The van der Waals surface area contributed by atoms with Crippen molar-refractivity contribution in [1.82, 2.24) is 5.32 Å². The minimum Gasteiger partial charge on any atom is -0.481 e. The Hall–Kier alpha value is -2.41. The SMILES string of the molecule is CCOC1CC(NC(=O)C(C)Oc2cccc(C(C)=O)c2)(C(=O)O)C1(C)C. The van der Waals surface area contributed by atoms with Crippen LogP contribution in [0.1, 0.15) is 51.4 Å². The lowest BCUT2D eigenvalue weighted by molar-refractivity contribution is -0.195. The molecule has 1 aliphatic rings. The summed E-state index contributed by atoms with van der Waals surface area (Å²) in [6.07, 6.45) is -0.977. The van der Waals surface area contributed by atoms with Gasteiger partial charge in [-0.05, 0) is 32.9 Å². The molecule has 148 valence electrons. The summed E-state index contributed by atoms with van der Waals surface area (Å²) in [7, 11) is 0. The first-order chi connectivity index (χ1) is 12.5. The molecule has 7 nitrogen and oxygen atoms in total. The summed E-state index contributed by atoms with van der Waals surface area (Å²) in [5.41, 5.74) is -1.71. The smallest absolute Gasteiger partial charge is 0.330 e. The van der Waals surface area contributed by atoms with E-state index in [2.05, 4.69) is 5.32 Å². The summed E-state index contributed by atoms with van der Waals surface area (Å²) < 4.78 is 11.2. The number of ether oxygens (including phenoxy) is 2. The molecule has 0 spiro atoms. The van der Waals surface area contributed by atoms with Gasteiger partial charge in [0.25, 0.3) is 5.91 Å². The molecule has 1 aliphatic carbocycles. The van der Waals surface area contributed by atoms with Crippen molar-refractivity contribution in [3.63, 3.8) is 0 Å². The molecular weight excluding hydrogens is 350 g/mol. The molecule has 1 saturated carbocycles. The van der Waals surface area contributed by atoms with Crippen molar-refractivity contribution >= 4 is 17.7 Å². The minimum atomic E-state index is -1.41. The number of nitrogens with one attached hydrogen (secondary N) is 1. The fourth-order valence-corrected chi connectivity index (χ4v) is 3.39. The molecule has 2 N–H and O–H groups in total. The van der Waals surface area contributed by atoms with Crippen LogP contribution in [0.2, 0.25) is 0 Å². The number of carbonyl (C=O) groups is 3. The van der Waals surface area contributed by atoms with E-state index in [9.17, 15) is 19.5 Å². The fourth-order valence-electron chi connectivity index (χ4n) is 3.39. The number of carbonyl (C=O) groups excluding carboxylic acids is 2. The van der Waals surface area contributed by atoms with E-state index >= 15 is 0 Å². The maximum atomic E-state index is 12.6. The molecule has 1 aromatic carbocycles. The Morgan fingerprint density at radius 1 is 1.33 bits per heavy atom. The highest BCUT2D eigenvalue weighted by atomic mass is 16.5. The number of Topliss-reactive ketones (excluding diaryl/α,β-unsaturated/α-hetero) is 1. The molecule has 27 heavy (non-hydrogen) atoms. The topological polar surface area (TPSA) is 102 Å². The van der Waals surface area contributed by atoms with Gasteiger partial charge in [-0.25, -0.2) is 4.79 Å². The van der Waals surface area contributed by atoms with Gasteiger partial charge in [-0.3, -0.25) is 9.59 Å². The maximum absolute atomic E-state index is 12.6. The number of hydrogen-bond donors (Lipinski definition) is 2. The number of rotatable bonds is 8. The molecule has 1 aromatic rings. The van der Waals surface area contributed by atoms with E-state index in [-0.39, 0.29) is 18.3 Å². The molecule has 1 fully saturated rings. The van der Waals surface area contributed by atoms with Crippen LogP contribution in [0.4, 0.5) is 0 Å². The summed E-state index contributed by atoms with van der Waals surface area (Å²) in [5, 5.41) is 12.4. The highest BCUT2D eigenvalue weighted by Crippen LogP contribution is 2.51. The van der Waals surface area contributed by atoms with Crippen molar-refractivity contribution in [3.8, 4) is 5.75 Å². The molecule has 3 unspecified atom stereocenters. The fraction of sp³-hybridized carbons (Fsp3) is 0.550. The normalized spacial score (nSPS) is 24.4. The van der Waals surface area contributed by atoms with Crippen molar-refractivity contribution in [2.24, 2.45) is 5.41 Å². The molecule has 0 radical (unpaired) electrons. The Morgan fingerprint density at radius 2 is 2.00 bits per heavy atom. The average molecular weight is 377 g/mol. The molecule has 0 saturated heterocycles. The Kier molecular flexibility index (Phi) is 5.94. The van der Waals surface area contributed by atoms with Gasteiger partial charge in [0, 0.05) is 24.0 Å². The third kappa shape index (κ3) is 3.83. The second-order valence-electron chi connectivity index (χ2n) is 7.41. The van der Waals surface area contributed by atoms with E-state index in [1.54, 1.807) is 38.1 Å². The zero-order valence-electron chi connectivity index (χ0n) is 16.4. The van der Waals surface area contributed by atoms with Gasteiger partial charge in [0.2, 0.25) is 0 Å². The van der Waals surface area contributed by atoms with Gasteiger partial charge in [0.15, 0.2) is 11.9 Å². The predicted molar refractivity (Wildman–Crippen MR) is 98.9 cm³/mol. The van der Waals surface area contributed by atoms with Crippen LogP contribution in [0.5, 0.6) is 5.75 Å². The third-order valence-electron chi connectivity index (χ3n) is 5.39. The highest BCUT2D eigenvalue weighted by molar-refractivity contribution is 5.94. The van der Waals surface area contributed by atoms with Crippen LogP contribution < -0.4 is 10.1 Å². The Balaban J connectivity index is 2.11. The van der Waals surface area contributed by atoms with Crippen LogP contribution in [0.15, 0.2) is 24.3 Å². The lowest BCUT2D eigenvalue weighted by atomic mass is 9.54. The van der Waals surface area contributed by atoms with Gasteiger partial charge in [-0.2, -0.15) is 0 Å². The van der Waals surface area contributed by atoms with Gasteiger partial charge in [-0.15, -0.1) is 0 Å². The monoisotopic (exact) mass is 377 g/mol. The number of benzene rings is 1. The Morgan fingerprint density at radius 3 is 2.52 bits per heavy atom. The van der Waals surface area contributed by atoms with Crippen LogP contribution in [-0.4, -0.2) is 47.1 Å². The first-order valence-electron chi connectivity index (χ1n) is 9.00. The van der Waals surface area contributed by atoms with Gasteiger partial charge < -0.3 is 19.9 Å². The second kappa shape index (κ2) is 7.68. The lowest BCUT2D eigenvalue weighted by Crippen LogP contribution is -2.76. The number of amides is 1. The Bertz CT molecular complexity index is 744. The summed E-state index contributed by atoms with van der Waals surface area (Å²) >= 11 is 0. The molecule has 1 amide bonds. The summed E-state index contributed by atoms with van der Waals surface area (Å²) in [5.74, 6) is -1.37. The second-order valence-corrected chi connectivity index (χ2v) is 7.41. The largest absolute Gasteiger partial charge is 0.481 e. The molecule has 7 heteroatoms. The predicted octanol–water partition coefficient (Wildman–Crippen LogP) is 2.43. The third-order valence-corrected chi connectivity index (χ3v) is 5.39. The van der Waals surface area contributed by atoms with Crippen molar-refractivity contribution in [1.29, 1.82) is 0 Å². The lowest BCUT2D eigenvalue weighted by Gasteiger charge is -2.58. The Labute approximate surface area is 159 Å². The number of ketones is 1. The number of carboxylic acids is 1. The minimum absolute atomic E-state index is 0.111. The van der Waals surface area contributed by atoms with Crippen molar-refractivity contribution in [2.75, 3.05) is 6.61 Å².